The quantitative estimate of drug-likeness (QED) is 0.525. The Bertz CT molecular complexity index is 403. The van der Waals surface area contributed by atoms with Gasteiger partial charge in [-0.2, -0.15) is 0 Å². The summed E-state index contributed by atoms with van der Waals surface area (Å²) >= 11 is 1.83. The summed E-state index contributed by atoms with van der Waals surface area (Å²) in [5.74, 6) is 2.17. The molecule has 21 heavy (non-hydrogen) atoms. The monoisotopic (exact) mass is 307 g/mol. The molecule has 0 saturated heterocycles. The molecule has 0 amide bonds. The van der Waals surface area contributed by atoms with Gasteiger partial charge >= 0.3 is 0 Å². The van der Waals surface area contributed by atoms with Crippen molar-refractivity contribution in [2.24, 2.45) is 11.7 Å². The number of allylic oxidation sites excluding steroid dienone is 5. The average Bonchev–Trinajstić information content (AvgIpc) is 2.51. The fourth-order valence-electron chi connectivity index (χ4n) is 2.49. The van der Waals surface area contributed by atoms with Crippen LogP contribution in [0.15, 0.2) is 34.8 Å². The Labute approximate surface area is 133 Å². The molecule has 0 atom stereocenters. The first-order chi connectivity index (χ1) is 10.2. The Morgan fingerprint density at radius 1 is 1.29 bits per heavy atom. The van der Waals surface area contributed by atoms with Crippen LogP contribution in [0.25, 0.3) is 0 Å². The van der Waals surface area contributed by atoms with E-state index < -0.39 is 0 Å². The minimum atomic E-state index is 0.133. The summed E-state index contributed by atoms with van der Waals surface area (Å²) in [6.07, 6.45) is 13.2. The predicted octanol–water partition coefficient (Wildman–Crippen LogP) is 4.62. The molecular formula is C18H29NOS. The number of ketones is 1. The van der Waals surface area contributed by atoms with E-state index in [0.717, 1.165) is 17.1 Å². The van der Waals surface area contributed by atoms with E-state index in [1.807, 2.05) is 43.8 Å². The standard InChI is InChI=1S/C18H29NOS/c1-3-15(2)13-17(18(20)9-11-19)10-12-21-14-16-7-5-4-6-8-16/h3,10,12-13,16H,4-9,11,14,19H2,1-2H3/b12-10+,15-3-,17-13+. The highest BCUT2D eigenvalue weighted by atomic mass is 32.2. The zero-order chi connectivity index (χ0) is 15.5. The third-order valence-electron chi connectivity index (χ3n) is 3.93. The van der Waals surface area contributed by atoms with E-state index in [-0.39, 0.29) is 5.78 Å². The van der Waals surface area contributed by atoms with Crippen molar-refractivity contribution in [2.45, 2.75) is 52.4 Å². The number of hydrogen-bond acceptors (Lipinski definition) is 3. The van der Waals surface area contributed by atoms with Crippen molar-refractivity contribution in [3.8, 4) is 0 Å². The highest BCUT2D eigenvalue weighted by molar-refractivity contribution is 8.02. The van der Waals surface area contributed by atoms with Gasteiger partial charge in [-0.3, -0.25) is 4.79 Å². The van der Waals surface area contributed by atoms with Gasteiger partial charge in [0.1, 0.15) is 0 Å². The minimum Gasteiger partial charge on any atom is -0.330 e. The van der Waals surface area contributed by atoms with Crippen LogP contribution in [0.3, 0.4) is 0 Å². The second-order valence-corrected chi connectivity index (χ2v) is 6.67. The smallest absolute Gasteiger partial charge is 0.164 e. The summed E-state index contributed by atoms with van der Waals surface area (Å²) in [5, 5.41) is 2.08. The Morgan fingerprint density at radius 2 is 2.00 bits per heavy atom. The van der Waals surface area contributed by atoms with Crippen LogP contribution >= 0.6 is 11.8 Å². The molecule has 2 N–H and O–H groups in total. The van der Waals surface area contributed by atoms with Crippen molar-refractivity contribution >= 4 is 17.5 Å². The maximum atomic E-state index is 12.1. The summed E-state index contributed by atoms with van der Waals surface area (Å²) < 4.78 is 0. The number of thioether (sulfide) groups is 1. The number of Topliss-reactive ketones (excluding diaryl/α,β-unsaturated/α-hetero) is 1. The van der Waals surface area contributed by atoms with E-state index in [4.69, 9.17) is 5.73 Å². The molecule has 0 aliphatic heterocycles. The maximum Gasteiger partial charge on any atom is 0.164 e. The van der Waals surface area contributed by atoms with Crippen molar-refractivity contribution < 1.29 is 4.79 Å². The Hall–Kier alpha value is -0.800. The fourth-order valence-corrected chi connectivity index (χ4v) is 3.45. The molecule has 0 heterocycles. The summed E-state index contributed by atoms with van der Waals surface area (Å²) in [4.78, 5) is 12.1. The lowest BCUT2D eigenvalue weighted by Crippen LogP contribution is -2.09. The lowest BCUT2D eigenvalue weighted by molar-refractivity contribution is -0.115. The number of nitrogens with two attached hydrogens (primary N) is 1. The first-order valence-corrected chi connectivity index (χ1v) is 9.08. The predicted molar refractivity (Wildman–Crippen MR) is 94.4 cm³/mol. The third kappa shape index (κ3) is 7.68. The van der Waals surface area contributed by atoms with Crippen molar-refractivity contribution in [1.82, 2.24) is 0 Å². The molecular weight excluding hydrogens is 278 g/mol. The Balaban J connectivity index is 2.52. The lowest BCUT2D eigenvalue weighted by Gasteiger charge is -2.20. The summed E-state index contributed by atoms with van der Waals surface area (Å²) in [5.41, 5.74) is 7.37. The highest BCUT2D eigenvalue weighted by Crippen LogP contribution is 2.27. The minimum absolute atomic E-state index is 0.133. The lowest BCUT2D eigenvalue weighted by atomic mass is 9.91. The number of carbonyl (C=O) groups excluding carboxylic acids is 1. The zero-order valence-corrected chi connectivity index (χ0v) is 14.3. The molecule has 0 bridgehead atoms. The normalized spacial score (nSPS) is 18.4. The fraction of sp³-hybridized carbons (Fsp3) is 0.611. The van der Waals surface area contributed by atoms with Crippen molar-refractivity contribution in [1.29, 1.82) is 0 Å². The first kappa shape index (κ1) is 18.2. The first-order valence-electron chi connectivity index (χ1n) is 8.03. The van der Waals surface area contributed by atoms with Crippen molar-refractivity contribution in [3.63, 3.8) is 0 Å². The van der Waals surface area contributed by atoms with E-state index in [2.05, 4.69) is 5.41 Å². The van der Waals surface area contributed by atoms with Crippen molar-refractivity contribution in [3.05, 3.63) is 34.8 Å². The molecule has 1 aliphatic carbocycles. The second-order valence-electron chi connectivity index (χ2n) is 5.73. The van der Waals surface area contributed by atoms with Gasteiger partial charge in [0.05, 0.1) is 0 Å². The van der Waals surface area contributed by atoms with E-state index in [9.17, 15) is 4.79 Å². The number of carbonyl (C=O) groups is 1. The molecule has 0 aromatic carbocycles. The van der Waals surface area contributed by atoms with Gasteiger partial charge in [0.15, 0.2) is 5.78 Å². The van der Waals surface area contributed by atoms with Gasteiger partial charge < -0.3 is 5.73 Å². The summed E-state index contributed by atoms with van der Waals surface area (Å²) in [7, 11) is 0. The van der Waals surface area contributed by atoms with Crippen LogP contribution in [-0.2, 0) is 4.79 Å². The van der Waals surface area contributed by atoms with Gasteiger partial charge in [0, 0.05) is 17.7 Å². The highest BCUT2D eigenvalue weighted by Gasteiger charge is 2.12. The maximum absolute atomic E-state index is 12.1. The van der Waals surface area contributed by atoms with E-state index in [0.29, 0.717) is 13.0 Å². The molecule has 0 unspecified atom stereocenters. The molecule has 0 radical (unpaired) electrons. The van der Waals surface area contributed by atoms with E-state index in [1.54, 1.807) is 0 Å². The van der Waals surface area contributed by atoms with Crippen LogP contribution in [0.1, 0.15) is 52.4 Å². The topological polar surface area (TPSA) is 43.1 Å². The van der Waals surface area contributed by atoms with Crippen LogP contribution in [0.5, 0.6) is 0 Å². The van der Waals surface area contributed by atoms with Gasteiger partial charge in [-0.05, 0) is 56.7 Å². The molecule has 118 valence electrons. The Kier molecular flexibility index (Phi) is 9.44. The van der Waals surface area contributed by atoms with Crippen LogP contribution < -0.4 is 5.73 Å². The Morgan fingerprint density at radius 3 is 2.62 bits per heavy atom. The molecule has 1 saturated carbocycles. The van der Waals surface area contributed by atoms with Crippen LogP contribution in [-0.4, -0.2) is 18.1 Å². The van der Waals surface area contributed by atoms with Gasteiger partial charge in [-0.15, -0.1) is 11.8 Å². The molecule has 0 aromatic heterocycles. The van der Waals surface area contributed by atoms with Crippen LogP contribution in [0.4, 0.5) is 0 Å². The second kappa shape index (κ2) is 10.9. The number of rotatable bonds is 8. The molecule has 3 heteroatoms. The average molecular weight is 308 g/mol. The number of hydrogen-bond donors (Lipinski definition) is 1. The zero-order valence-electron chi connectivity index (χ0n) is 13.4. The van der Waals surface area contributed by atoms with E-state index >= 15 is 0 Å². The molecule has 1 rings (SSSR count). The van der Waals surface area contributed by atoms with Crippen LogP contribution in [0, 0.1) is 5.92 Å². The molecule has 0 aromatic rings. The van der Waals surface area contributed by atoms with Crippen molar-refractivity contribution in [2.75, 3.05) is 12.3 Å². The van der Waals surface area contributed by atoms with Gasteiger partial charge in [-0.25, -0.2) is 0 Å². The molecule has 2 nitrogen and oxygen atoms in total. The molecule has 1 aliphatic rings. The largest absolute Gasteiger partial charge is 0.330 e. The molecule has 0 spiro atoms. The van der Waals surface area contributed by atoms with Crippen LogP contribution in [0.2, 0.25) is 0 Å². The SMILES string of the molecule is C\C=C(C)/C=C(\C=C\SCC1CCCCC1)C(=O)CCN. The van der Waals surface area contributed by atoms with Gasteiger partial charge in [-0.1, -0.05) is 30.9 Å². The third-order valence-corrected chi connectivity index (χ3v) is 4.92. The molecule has 1 fully saturated rings. The van der Waals surface area contributed by atoms with Gasteiger partial charge in [0.25, 0.3) is 0 Å². The summed E-state index contributed by atoms with van der Waals surface area (Å²) in [6, 6.07) is 0. The van der Waals surface area contributed by atoms with E-state index in [1.165, 1.54) is 37.9 Å². The van der Waals surface area contributed by atoms with Gasteiger partial charge in [0.2, 0.25) is 0 Å². The summed E-state index contributed by atoms with van der Waals surface area (Å²) in [6.45, 7) is 4.41.